The molecule has 27 heavy (non-hydrogen) atoms. The summed E-state index contributed by atoms with van der Waals surface area (Å²) >= 11 is 3.35. The van der Waals surface area contributed by atoms with E-state index in [1.165, 1.54) is 22.5 Å². The predicted octanol–water partition coefficient (Wildman–Crippen LogP) is 2.74. The molecule has 1 saturated heterocycles. The van der Waals surface area contributed by atoms with E-state index in [1.54, 1.807) is 30.2 Å². The molecule has 1 amide bonds. The summed E-state index contributed by atoms with van der Waals surface area (Å²) in [5.74, 6) is -0.159. The molecule has 0 saturated carbocycles. The summed E-state index contributed by atoms with van der Waals surface area (Å²) < 4.78 is 45.7. The molecule has 0 spiro atoms. The Kier molecular flexibility index (Phi) is 5.83. The second kappa shape index (κ2) is 7.95. The highest BCUT2D eigenvalue weighted by molar-refractivity contribution is 9.10. The van der Waals surface area contributed by atoms with E-state index < -0.39 is 15.8 Å². The molecule has 3 rings (SSSR count). The van der Waals surface area contributed by atoms with Gasteiger partial charge in [-0.05, 0) is 52.3 Å². The van der Waals surface area contributed by atoms with Gasteiger partial charge in [0.15, 0.2) is 0 Å². The van der Waals surface area contributed by atoms with Gasteiger partial charge >= 0.3 is 0 Å². The molecular formula is C18H18BrFN2O4S. The molecule has 0 aliphatic carbocycles. The zero-order valence-corrected chi connectivity index (χ0v) is 17.0. The monoisotopic (exact) mass is 456 g/mol. The zero-order valence-electron chi connectivity index (χ0n) is 14.6. The van der Waals surface area contributed by atoms with Crippen LogP contribution in [0.15, 0.2) is 51.8 Å². The van der Waals surface area contributed by atoms with Crippen molar-refractivity contribution in [3.63, 3.8) is 0 Å². The maximum atomic E-state index is 13.4. The summed E-state index contributed by atoms with van der Waals surface area (Å²) in [5, 5.41) is 0. The lowest BCUT2D eigenvalue weighted by molar-refractivity contribution is 0.0698. The van der Waals surface area contributed by atoms with E-state index in [1.807, 2.05) is 0 Å². The van der Waals surface area contributed by atoms with Gasteiger partial charge in [0.05, 0.1) is 16.5 Å². The van der Waals surface area contributed by atoms with Crippen LogP contribution in [0.5, 0.6) is 5.75 Å². The first-order valence-electron chi connectivity index (χ1n) is 8.21. The van der Waals surface area contributed by atoms with Crippen LogP contribution < -0.4 is 4.74 Å². The third kappa shape index (κ3) is 4.15. The largest absolute Gasteiger partial charge is 0.496 e. The first-order chi connectivity index (χ1) is 12.8. The number of sulfonamides is 1. The van der Waals surface area contributed by atoms with Gasteiger partial charge in [-0.2, -0.15) is 4.31 Å². The van der Waals surface area contributed by atoms with Crippen molar-refractivity contribution in [2.45, 2.75) is 4.90 Å². The van der Waals surface area contributed by atoms with Gasteiger partial charge in [0, 0.05) is 31.7 Å². The lowest BCUT2D eigenvalue weighted by Gasteiger charge is -2.34. The first-order valence-corrected chi connectivity index (χ1v) is 10.4. The fourth-order valence-corrected chi connectivity index (χ4v) is 4.88. The van der Waals surface area contributed by atoms with Crippen molar-refractivity contribution in [3.8, 4) is 5.75 Å². The molecule has 2 aromatic rings. The summed E-state index contributed by atoms with van der Waals surface area (Å²) in [4.78, 5) is 14.2. The number of amides is 1. The first kappa shape index (κ1) is 19.8. The van der Waals surface area contributed by atoms with Gasteiger partial charge in [-0.25, -0.2) is 12.8 Å². The molecule has 144 valence electrons. The van der Waals surface area contributed by atoms with Crippen LogP contribution >= 0.6 is 15.9 Å². The summed E-state index contributed by atoms with van der Waals surface area (Å²) in [7, 11) is -2.24. The highest BCUT2D eigenvalue weighted by Crippen LogP contribution is 2.26. The van der Waals surface area contributed by atoms with Crippen molar-refractivity contribution in [2.24, 2.45) is 0 Å². The van der Waals surface area contributed by atoms with Gasteiger partial charge in [-0.1, -0.05) is 6.07 Å². The number of halogens is 2. The van der Waals surface area contributed by atoms with E-state index in [0.717, 1.165) is 6.07 Å². The molecule has 2 aromatic carbocycles. The van der Waals surface area contributed by atoms with Crippen LogP contribution in [0.2, 0.25) is 0 Å². The minimum Gasteiger partial charge on any atom is -0.496 e. The second-order valence-electron chi connectivity index (χ2n) is 6.00. The molecule has 9 heteroatoms. The molecule has 1 aliphatic rings. The number of carbonyl (C=O) groups excluding carboxylic acids is 1. The van der Waals surface area contributed by atoms with E-state index in [0.29, 0.717) is 15.8 Å². The number of hydrogen-bond acceptors (Lipinski definition) is 4. The lowest BCUT2D eigenvalue weighted by Crippen LogP contribution is -2.50. The fourth-order valence-electron chi connectivity index (χ4n) is 2.89. The molecule has 0 radical (unpaired) electrons. The second-order valence-corrected chi connectivity index (χ2v) is 8.80. The third-order valence-corrected chi connectivity index (χ3v) is 6.87. The van der Waals surface area contributed by atoms with Gasteiger partial charge in [-0.15, -0.1) is 0 Å². The van der Waals surface area contributed by atoms with Crippen molar-refractivity contribution in [3.05, 3.63) is 58.3 Å². The van der Waals surface area contributed by atoms with Gasteiger partial charge in [0.2, 0.25) is 10.0 Å². The van der Waals surface area contributed by atoms with Crippen LogP contribution in [0.3, 0.4) is 0 Å². The lowest BCUT2D eigenvalue weighted by atomic mass is 10.2. The SMILES string of the molecule is COc1ccc(C(=O)N2CCN(S(=O)(=O)c3cccc(F)c3)CC2)cc1Br. The number of ether oxygens (including phenoxy) is 1. The number of carbonyl (C=O) groups is 1. The Morgan fingerprint density at radius 1 is 1.11 bits per heavy atom. The van der Waals surface area contributed by atoms with Gasteiger partial charge in [0.1, 0.15) is 11.6 Å². The minimum atomic E-state index is -3.78. The number of piperazine rings is 1. The average molecular weight is 457 g/mol. The highest BCUT2D eigenvalue weighted by Gasteiger charge is 2.30. The Morgan fingerprint density at radius 2 is 1.81 bits per heavy atom. The quantitative estimate of drug-likeness (QED) is 0.709. The van der Waals surface area contributed by atoms with E-state index >= 15 is 0 Å². The minimum absolute atomic E-state index is 0.0821. The normalized spacial score (nSPS) is 15.6. The van der Waals surface area contributed by atoms with E-state index in [2.05, 4.69) is 15.9 Å². The maximum absolute atomic E-state index is 13.4. The van der Waals surface area contributed by atoms with Crippen LogP contribution in [0.25, 0.3) is 0 Å². The molecule has 0 N–H and O–H groups in total. The van der Waals surface area contributed by atoms with Crippen LogP contribution in [0, 0.1) is 5.82 Å². The van der Waals surface area contributed by atoms with Crippen molar-refractivity contribution in [1.29, 1.82) is 0 Å². The summed E-state index contributed by atoms with van der Waals surface area (Å²) in [6, 6.07) is 9.97. The van der Waals surface area contributed by atoms with Crippen LogP contribution in [0.4, 0.5) is 4.39 Å². The highest BCUT2D eigenvalue weighted by atomic mass is 79.9. The molecule has 6 nitrogen and oxygen atoms in total. The summed E-state index contributed by atoms with van der Waals surface area (Å²) in [6.07, 6.45) is 0. The van der Waals surface area contributed by atoms with Crippen LogP contribution in [0.1, 0.15) is 10.4 Å². The molecule has 1 heterocycles. The van der Waals surface area contributed by atoms with E-state index in [9.17, 15) is 17.6 Å². The van der Waals surface area contributed by atoms with Gasteiger partial charge in [-0.3, -0.25) is 4.79 Å². The number of methoxy groups -OCH3 is 1. The van der Waals surface area contributed by atoms with Gasteiger partial charge in [0.25, 0.3) is 5.91 Å². The number of hydrogen-bond donors (Lipinski definition) is 0. The summed E-state index contributed by atoms with van der Waals surface area (Å²) in [6.45, 7) is 0.831. The van der Waals surface area contributed by atoms with Crippen LogP contribution in [-0.2, 0) is 10.0 Å². The van der Waals surface area contributed by atoms with Gasteiger partial charge < -0.3 is 9.64 Å². The molecule has 0 bridgehead atoms. The van der Waals surface area contributed by atoms with Crippen LogP contribution in [-0.4, -0.2) is 56.8 Å². The van der Waals surface area contributed by atoms with Crippen molar-refractivity contribution in [1.82, 2.24) is 9.21 Å². The predicted molar refractivity (Wildman–Crippen MR) is 102 cm³/mol. The zero-order chi connectivity index (χ0) is 19.6. The molecule has 1 aliphatic heterocycles. The number of rotatable bonds is 4. The fraction of sp³-hybridized carbons (Fsp3) is 0.278. The molecule has 0 atom stereocenters. The topological polar surface area (TPSA) is 66.9 Å². The third-order valence-electron chi connectivity index (χ3n) is 4.36. The summed E-state index contributed by atoms with van der Waals surface area (Å²) in [5.41, 5.74) is 0.490. The van der Waals surface area contributed by atoms with Crippen molar-refractivity contribution in [2.75, 3.05) is 33.3 Å². The van der Waals surface area contributed by atoms with E-state index in [-0.39, 0.29) is 37.0 Å². The Morgan fingerprint density at radius 3 is 2.41 bits per heavy atom. The standard InChI is InChI=1S/C18H18BrFN2O4S/c1-26-17-6-5-13(11-16(17)19)18(23)21-7-9-22(10-8-21)27(24,25)15-4-2-3-14(20)12-15/h2-6,11-12H,7-10H2,1H3. The van der Waals surface area contributed by atoms with Crippen molar-refractivity contribution < 1.29 is 22.3 Å². The molecule has 0 aromatic heterocycles. The Balaban J connectivity index is 1.70. The molecular weight excluding hydrogens is 439 g/mol. The Hall–Kier alpha value is -1.97. The average Bonchev–Trinajstić information content (AvgIpc) is 2.67. The number of benzene rings is 2. The Bertz CT molecular complexity index is 960. The smallest absolute Gasteiger partial charge is 0.253 e. The van der Waals surface area contributed by atoms with E-state index in [4.69, 9.17) is 4.74 Å². The van der Waals surface area contributed by atoms with Crippen molar-refractivity contribution >= 4 is 31.9 Å². The molecule has 1 fully saturated rings. The molecule has 0 unspecified atom stereocenters. The number of nitrogens with zero attached hydrogens (tertiary/aromatic N) is 2. The Labute approximate surface area is 165 Å². The maximum Gasteiger partial charge on any atom is 0.253 e.